The number of anilines is 1. The van der Waals surface area contributed by atoms with Crippen LogP contribution >= 0.6 is 23.4 Å². The van der Waals surface area contributed by atoms with E-state index in [1.807, 2.05) is 36.6 Å². The molecule has 2 aromatic carbocycles. The largest absolute Gasteiger partial charge is 0.486 e. The second-order valence-electron chi connectivity index (χ2n) is 6.64. The summed E-state index contributed by atoms with van der Waals surface area (Å²) in [7, 11) is 0. The van der Waals surface area contributed by atoms with Gasteiger partial charge in [-0.15, -0.1) is 16.8 Å². The van der Waals surface area contributed by atoms with Gasteiger partial charge in [0.05, 0.1) is 5.75 Å². The number of halogens is 1. The van der Waals surface area contributed by atoms with Crippen molar-refractivity contribution in [2.45, 2.75) is 32.2 Å². The van der Waals surface area contributed by atoms with Gasteiger partial charge in [-0.2, -0.15) is 0 Å². The Labute approximate surface area is 185 Å². The number of nitrogens with one attached hydrogen (secondary N) is 1. The van der Waals surface area contributed by atoms with Crippen molar-refractivity contribution >= 4 is 35.0 Å². The van der Waals surface area contributed by atoms with Gasteiger partial charge < -0.3 is 10.1 Å². The highest BCUT2D eigenvalue weighted by molar-refractivity contribution is 7.99. The summed E-state index contributed by atoms with van der Waals surface area (Å²) in [5, 5.41) is 12.7. The molecule has 1 aromatic heterocycles. The summed E-state index contributed by atoms with van der Waals surface area (Å²) >= 11 is 7.23. The number of benzene rings is 2. The van der Waals surface area contributed by atoms with E-state index in [-0.39, 0.29) is 18.3 Å². The molecule has 0 saturated carbocycles. The molecule has 3 aromatic rings. The van der Waals surface area contributed by atoms with Gasteiger partial charge in [0.25, 0.3) is 0 Å². The van der Waals surface area contributed by atoms with Crippen molar-refractivity contribution in [1.29, 1.82) is 0 Å². The van der Waals surface area contributed by atoms with Gasteiger partial charge in [0.1, 0.15) is 12.4 Å². The first-order valence-electron chi connectivity index (χ1n) is 9.38. The van der Waals surface area contributed by atoms with Gasteiger partial charge in [-0.1, -0.05) is 47.6 Å². The van der Waals surface area contributed by atoms with Gasteiger partial charge in [0.2, 0.25) is 5.91 Å². The molecule has 1 amide bonds. The van der Waals surface area contributed by atoms with Crippen LogP contribution in [-0.2, 0) is 17.9 Å². The molecule has 1 heterocycles. The Kier molecular flexibility index (Phi) is 7.54. The summed E-state index contributed by atoms with van der Waals surface area (Å²) < 4.78 is 7.66. The molecule has 1 N–H and O–H groups in total. The first kappa shape index (κ1) is 21.9. The van der Waals surface area contributed by atoms with Gasteiger partial charge in [-0.05, 0) is 49.2 Å². The van der Waals surface area contributed by atoms with Gasteiger partial charge in [0, 0.05) is 17.3 Å². The fourth-order valence-electron chi connectivity index (χ4n) is 2.84. The zero-order valence-corrected chi connectivity index (χ0v) is 18.5. The molecule has 0 aliphatic carbocycles. The number of allylic oxidation sites excluding steroid dienone is 1. The molecular formula is C22H23ClN4O2S. The fourth-order valence-corrected chi connectivity index (χ4v) is 3.73. The lowest BCUT2D eigenvalue weighted by molar-refractivity contribution is -0.113. The van der Waals surface area contributed by atoms with Crippen LogP contribution in [0.4, 0.5) is 5.69 Å². The number of nitrogens with zero attached hydrogens (tertiary/aromatic N) is 3. The van der Waals surface area contributed by atoms with Gasteiger partial charge in [-0.25, -0.2) is 0 Å². The van der Waals surface area contributed by atoms with Crippen LogP contribution in [0.1, 0.15) is 17.0 Å². The minimum atomic E-state index is -0.0930. The molecule has 8 heteroatoms. The lowest BCUT2D eigenvalue weighted by atomic mass is 10.1. The number of amides is 1. The highest BCUT2D eigenvalue weighted by Crippen LogP contribution is 2.22. The Bertz CT molecular complexity index is 1010. The summed E-state index contributed by atoms with van der Waals surface area (Å²) in [6, 6.07) is 13.0. The number of rotatable bonds is 9. The number of carbonyl (C=O) groups is 1. The summed E-state index contributed by atoms with van der Waals surface area (Å²) in [5.41, 5.74) is 2.92. The maximum absolute atomic E-state index is 12.5. The summed E-state index contributed by atoms with van der Waals surface area (Å²) in [6.07, 6.45) is 1.76. The average molecular weight is 443 g/mol. The third-order valence-electron chi connectivity index (χ3n) is 4.36. The molecule has 0 unspecified atom stereocenters. The third kappa shape index (κ3) is 5.64. The van der Waals surface area contributed by atoms with Crippen LogP contribution < -0.4 is 10.1 Å². The Morgan fingerprint density at radius 3 is 2.57 bits per heavy atom. The molecule has 0 aliphatic rings. The van der Waals surface area contributed by atoms with Crippen LogP contribution in [0.25, 0.3) is 0 Å². The molecule has 30 heavy (non-hydrogen) atoms. The molecule has 0 bridgehead atoms. The van der Waals surface area contributed by atoms with Crippen molar-refractivity contribution in [3.05, 3.63) is 77.1 Å². The molecule has 156 valence electrons. The van der Waals surface area contributed by atoms with E-state index in [4.69, 9.17) is 16.3 Å². The van der Waals surface area contributed by atoms with Crippen LogP contribution in [0.5, 0.6) is 5.75 Å². The van der Waals surface area contributed by atoms with Crippen molar-refractivity contribution in [3.63, 3.8) is 0 Å². The van der Waals surface area contributed by atoms with Crippen LogP contribution in [-0.4, -0.2) is 26.4 Å². The highest BCUT2D eigenvalue weighted by atomic mass is 35.5. The quantitative estimate of drug-likeness (QED) is 0.371. The summed E-state index contributed by atoms with van der Waals surface area (Å²) in [4.78, 5) is 12.5. The topological polar surface area (TPSA) is 69.0 Å². The monoisotopic (exact) mass is 442 g/mol. The first-order chi connectivity index (χ1) is 14.5. The number of thioether (sulfide) groups is 1. The maximum Gasteiger partial charge on any atom is 0.234 e. The number of ether oxygens (including phenoxy) is 1. The van der Waals surface area contributed by atoms with E-state index in [0.717, 1.165) is 16.8 Å². The Morgan fingerprint density at radius 2 is 1.90 bits per heavy atom. The smallest absolute Gasteiger partial charge is 0.234 e. The zero-order valence-electron chi connectivity index (χ0n) is 16.9. The Hall–Kier alpha value is -2.77. The number of hydrogen-bond acceptors (Lipinski definition) is 5. The van der Waals surface area contributed by atoms with Crippen molar-refractivity contribution in [1.82, 2.24) is 14.8 Å². The van der Waals surface area contributed by atoms with Crippen LogP contribution in [0, 0.1) is 13.8 Å². The van der Waals surface area contributed by atoms with Crippen LogP contribution in [0.2, 0.25) is 5.02 Å². The van der Waals surface area contributed by atoms with Crippen molar-refractivity contribution in [3.8, 4) is 5.75 Å². The summed E-state index contributed by atoms with van der Waals surface area (Å²) in [5.74, 6) is 1.47. The first-order valence-corrected chi connectivity index (χ1v) is 10.7. The molecule has 0 atom stereocenters. The van der Waals surface area contributed by atoms with Gasteiger partial charge in [0.15, 0.2) is 11.0 Å². The minimum absolute atomic E-state index is 0.0930. The van der Waals surface area contributed by atoms with E-state index in [0.29, 0.717) is 28.3 Å². The predicted molar refractivity (Wildman–Crippen MR) is 121 cm³/mol. The zero-order chi connectivity index (χ0) is 21.5. The molecule has 0 spiro atoms. The third-order valence-corrected chi connectivity index (χ3v) is 5.58. The van der Waals surface area contributed by atoms with E-state index in [1.165, 1.54) is 11.8 Å². The number of aryl methyl sites for hydroxylation is 2. The van der Waals surface area contributed by atoms with Gasteiger partial charge >= 0.3 is 0 Å². The molecule has 0 aliphatic heterocycles. The lowest BCUT2D eigenvalue weighted by Crippen LogP contribution is -2.16. The number of hydrogen-bond donors (Lipinski definition) is 1. The second kappa shape index (κ2) is 10.3. The van der Waals surface area contributed by atoms with Crippen LogP contribution in [0.3, 0.4) is 0 Å². The molecule has 3 rings (SSSR count). The van der Waals surface area contributed by atoms with E-state index >= 15 is 0 Å². The number of aromatic nitrogens is 3. The van der Waals surface area contributed by atoms with Crippen molar-refractivity contribution in [2.24, 2.45) is 0 Å². The number of carbonyl (C=O) groups excluding carboxylic acids is 1. The average Bonchev–Trinajstić information content (AvgIpc) is 3.11. The standard InChI is InChI=1S/C22H23ClN4O2S/c1-4-12-27-19(13-29-18-10-8-17(23)9-11-18)25-26-22(27)30-14-20(28)24-21-15(2)6-5-7-16(21)3/h4-11H,1,12-14H2,2-3H3,(H,24,28). The van der Waals surface area contributed by atoms with E-state index in [2.05, 4.69) is 22.1 Å². The molecule has 6 nitrogen and oxygen atoms in total. The van der Waals surface area contributed by atoms with Crippen molar-refractivity contribution in [2.75, 3.05) is 11.1 Å². The predicted octanol–water partition coefficient (Wildman–Crippen LogP) is 5.04. The van der Waals surface area contributed by atoms with Crippen LogP contribution in [0.15, 0.2) is 60.3 Å². The molecule has 0 saturated heterocycles. The number of para-hydroxylation sites is 1. The maximum atomic E-state index is 12.5. The molecule has 0 fully saturated rings. The Morgan fingerprint density at radius 1 is 1.20 bits per heavy atom. The second-order valence-corrected chi connectivity index (χ2v) is 8.02. The van der Waals surface area contributed by atoms with E-state index in [1.54, 1.807) is 30.3 Å². The minimum Gasteiger partial charge on any atom is -0.486 e. The molecule has 0 radical (unpaired) electrons. The van der Waals surface area contributed by atoms with Gasteiger partial charge in [-0.3, -0.25) is 9.36 Å². The summed E-state index contributed by atoms with van der Waals surface area (Å²) in [6.45, 7) is 8.52. The lowest BCUT2D eigenvalue weighted by Gasteiger charge is -2.12. The normalized spacial score (nSPS) is 10.6. The highest BCUT2D eigenvalue weighted by Gasteiger charge is 2.15. The molecular weight excluding hydrogens is 420 g/mol. The Balaban J connectivity index is 1.63. The van der Waals surface area contributed by atoms with E-state index in [9.17, 15) is 4.79 Å². The SMILES string of the molecule is C=CCn1c(COc2ccc(Cl)cc2)nnc1SCC(=O)Nc1c(C)cccc1C. The fraction of sp³-hybridized carbons (Fsp3) is 0.227. The van der Waals surface area contributed by atoms with Crippen molar-refractivity contribution < 1.29 is 9.53 Å². The van der Waals surface area contributed by atoms with E-state index < -0.39 is 0 Å².